The van der Waals surface area contributed by atoms with Crippen molar-refractivity contribution in [3.8, 4) is 0 Å². The second kappa shape index (κ2) is 14.7. The minimum atomic E-state index is -1.16. The van der Waals surface area contributed by atoms with E-state index in [1.165, 1.54) is 0 Å². The average Bonchev–Trinajstić information content (AvgIpc) is 3.63. The fourth-order valence-electron chi connectivity index (χ4n) is 7.65. The van der Waals surface area contributed by atoms with Crippen LogP contribution in [0.2, 0.25) is 0 Å². The van der Waals surface area contributed by atoms with Crippen LogP contribution in [0.5, 0.6) is 0 Å². The van der Waals surface area contributed by atoms with Gasteiger partial charge in [-0.3, -0.25) is 14.4 Å². The second-order valence-corrected chi connectivity index (χ2v) is 12.3. The zero-order valence-corrected chi connectivity index (χ0v) is 26.0. The number of benzene rings is 1. The maximum Gasteiger partial charge on any atom is 0.312 e. The van der Waals surface area contributed by atoms with Gasteiger partial charge in [-0.05, 0) is 56.9 Å². The van der Waals surface area contributed by atoms with Gasteiger partial charge in [-0.1, -0.05) is 69.2 Å². The van der Waals surface area contributed by atoms with E-state index < -0.39 is 41.1 Å². The Morgan fingerprint density at radius 3 is 2.56 bits per heavy atom. The molecular formula is C35H50N2O6. The number of esters is 1. The number of hydrogen-bond donors (Lipinski definition) is 1. The fourth-order valence-corrected chi connectivity index (χ4v) is 7.65. The smallest absolute Gasteiger partial charge is 0.312 e. The predicted octanol–water partition coefficient (Wildman–Crippen LogP) is 4.85. The molecule has 3 saturated heterocycles. The number of fused-ring (bicyclic) bond motifs is 1. The van der Waals surface area contributed by atoms with Gasteiger partial charge in [0, 0.05) is 13.1 Å². The van der Waals surface area contributed by atoms with Crippen LogP contribution in [0, 0.1) is 11.8 Å². The third-order valence-corrected chi connectivity index (χ3v) is 9.76. The molecule has 0 saturated carbocycles. The number of nitrogens with zero attached hydrogens (tertiary/aromatic N) is 2. The number of likely N-dealkylation sites (tertiary alicyclic amines) is 1. The number of carbonyl (C=O) groups excluding carboxylic acids is 3. The highest BCUT2D eigenvalue weighted by Crippen LogP contribution is 2.65. The predicted molar refractivity (Wildman–Crippen MR) is 166 cm³/mol. The van der Waals surface area contributed by atoms with Crippen LogP contribution in [0.1, 0.15) is 77.2 Å². The summed E-state index contributed by atoms with van der Waals surface area (Å²) >= 11 is 0. The zero-order chi connectivity index (χ0) is 31.0. The van der Waals surface area contributed by atoms with Gasteiger partial charge < -0.3 is 24.4 Å². The van der Waals surface area contributed by atoms with E-state index in [1.807, 2.05) is 43.3 Å². The zero-order valence-electron chi connectivity index (χ0n) is 26.0. The number of unbranched alkanes of at least 4 members (excludes halogenated alkanes) is 4. The number of amides is 2. The van der Waals surface area contributed by atoms with E-state index in [1.54, 1.807) is 15.9 Å². The third kappa shape index (κ3) is 6.32. The largest absolute Gasteiger partial charge is 0.465 e. The summed E-state index contributed by atoms with van der Waals surface area (Å²) in [6.07, 6.45) is 10.8. The lowest BCUT2D eigenvalue weighted by atomic mass is 9.65. The van der Waals surface area contributed by atoms with E-state index in [0.717, 1.165) is 37.7 Å². The molecule has 0 radical (unpaired) electrons. The van der Waals surface area contributed by atoms with Gasteiger partial charge in [0.05, 0.1) is 30.8 Å². The Kier molecular flexibility index (Phi) is 11.2. The first-order valence-corrected chi connectivity index (χ1v) is 16.2. The lowest BCUT2D eigenvalue weighted by Crippen LogP contribution is -2.59. The van der Waals surface area contributed by atoms with Crippen LogP contribution in [0.4, 0.5) is 0 Å². The molecule has 8 heteroatoms. The van der Waals surface area contributed by atoms with Gasteiger partial charge in [-0.15, -0.1) is 13.2 Å². The summed E-state index contributed by atoms with van der Waals surface area (Å²) in [5.41, 5.74) is -1.07. The van der Waals surface area contributed by atoms with E-state index in [4.69, 9.17) is 9.47 Å². The quantitative estimate of drug-likeness (QED) is 0.148. The molecule has 8 nitrogen and oxygen atoms in total. The molecule has 1 aromatic rings. The van der Waals surface area contributed by atoms with Gasteiger partial charge >= 0.3 is 5.97 Å². The van der Waals surface area contributed by atoms with Crippen molar-refractivity contribution in [3.05, 3.63) is 61.2 Å². The highest BCUT2D eigenvalue weighted by Gasteiger charge is 2.79. The molecule has 4 rings (SSSR count). The Morgan fingerprint density at radius 2 is 1.91 bits per heavy atom. The highest BCUT2D eigenvalue weighted by molar-refractivity contribution is 5.98. The molecule has 0 aliphatic carbocycles. The normalized spacial score (nSPS) is 28.0. The Labute approximate surface area is 257 Å². The van der Waals surface area contributed by atoms with E-state index >= 15 is 0 Å². The maximum absolute atomic E-state index is 14.6. The van der Waals surface area contributed by atoms with E-state index in [9.17, 15) is 19.5 Å². The Morgan fingerprint density at radius 1 is 1.14 bits per heavy atom. The lowest BCUT2D eigenvalue weighted by Gasteiger charge is -2.39. The van der Waals surface area contributed by atoms with Crippen molar-refractivity contribution in [1.82, 2.24) is 9.80 Å². The second-order valence-electron chi connectivity index (χ2n) is 12.3. The first-order valence-electron chi connectivity index (χ1n) is 16.2. The number of rotatable bonds is 18. The van der Waals surface area contributed by atoms with Crippen LogP contribution in [-0.4, -0.2) is 82.3 Å². The molecule has 43 heavy (non-hydrogen) atoms. The molecular weight excluding hydrogens is 544 g/mol. The van der Waals surface area contributed by atoms with Crippen molar-refractivity contribution in [2.24, 2.45) is 11.8 Å². The SMILES string of the molecule is C=CCCCCOC(=O)[C@H]1[C@H]2C(=O)N([C@@H](CO)Cc3ccccc3)C(C(=O)N(CC=C)CCCCC)C23CC[C@]1(CC)O3. The summed E-state index contributed by atoms with van der Waals surface area (Å²) in [5.74, 6) is -2.58. The van der Waals surface area contributed by atoms with Gasteiger partial charge in [0.2, 0.25) is 11.8 Å². The summed E-state index contributed by atoms with van der Waals surface area (Å²) in [6.45, 7) is 12.6. The molecule has 3 aliphatic rings. The summed E-state index contributed by atoms with van der Waals surface area (Å²) in [5, 5.41) is 10.7. The van der Waals surface area contributed by atoms with Crippen LogP contribution in [0.15, 0.2) is 55.6 Å². The van der Waals surface area contributed by atoms with Gasteiger partial charge in [-0.2, -0.15) is 0 Å². The molecule has 2 unspecified atom stereocenters. The summed E-state index contributed by atoms with van der Waals surface area (Å²) in [4.78, 5) is 46.4. The van der Waals surface area contributed by atoms with E-state index in [0.29, 0.717) is 45.2 Å². The Hall–Kier alpha value is -2.97. The number of ether oxygens (including phenoxy) is 2. The van der Waals surface area contributed by atoms with Crippen LogP contribution < -0.4 is 0 Å². The van der Waals surface area contributed by atoms with Crippen molar-refractivity contribution >= 4 is 17.8 Å². The highest BCUT2D eigenvalue weighted by atomic mass is 16.6. The maximum atomic E-state index is 14.6. The van der Waals surface area contributed by atoms with Crippen molar-refractivity contribution in [1.29, 1.82) is 0 Å². The van der Waals surface area contributed by atoms with E-state index in [-0.39, 0.29) is 25.0 Å². The number of hydrogen-bond acceptors (Lipinski definition) is 6. The topological polar surface area (TPSA) is 96.4 Å². The molecule has 1 aromatic carbocycles. The van der Waals surface area contributed by atoms with Crippen LogP contribution in [0.25, 0.3) is 0 Å². The molecule has 1 N–H and O–H groups in total. The molecule has 3 fully saturated rings. The van der Waals surface area contributed by atoms with Gasteiger partial charge in [-0.25, -0.2) is 0 Å². The molecule has 236 valence electrons. The van der Waals surface area contributed by atoms with Crippen molar-refractivity contribution in [2.45, 2.75) is 101 Å². The average molecular weight is 595 g/mol. The molecule has 1 spiro atoms. The molecule has 6 atom stereocenters. The minimum Gasteiger partial charge on any atom is -0.465 e. The van der Waals surface area contributed by atoms with Gasteiger partial charge in [0.25, 0.3) is 0 Å². The fraction of sp³-hybridized carbons (Fsp3) is 0.629. The number of aliphatic hydroxyl groups excluding tert-OH is 1. The van der Waals surface area contributed by atoms with Gasteiger partial charge in [0.15, 0.2) is 0 Å². The van der Waals surface area contributed by atoms with Crippen molar-refractivity contribution in [3.63, 3.8) is 0 Å². The van der Waals surface area contributed by atoms with Crippen molar-refractivity contribution in [2.75, 3.05) is 26.3 Å². The molecule has 2 bridgehead atoms. The molecule has 3 heterocycles. The minimum absolute atomic E-state index is 0.205. The summed E-state index contributed by atoms with van der Waals surface area (Å²) in [6, 6.07) is 8.06. The third-order valence-electron chi connectivity index (χ3n) is 9.76. The van der Waals surface area contributed by atoms with Crippen LogP contribution >= 0.6 is 0 Å². The van der Waals surface area contributed by atoms with E-state index in [2.05, 4.69) is 20.1 Å². The molecule has 3 aliphatic heterocycles. The molecule has 2 amide bonds. The monoisotopic (exact) mass is 594 g/mol. The Bertz CT molecular complexity index is 1140. The van der Waals surface area contributed by atoms with Crippen LogP contribution in [0.3, 0.4) is 0 Å². The summed E-state index contributed by atoms with van der Waals surface area (Å²) in [7, 11) is 0. The Balaban J connectivity index is 1.73. The first kappa shape index (κ1) is 32.9. The number of allylic oxidation sites excluding steroid dienone is 1. The molecule has 0 aromatic heterocycles. The lowest BCUT2D eigenvalue weighted by molar-refractivity contribution is -0.163. The van der Waals surface area contributed by atoms with Gasteiger partial charge in [0.1, 0.15) is 17.6 Å². The summed E-state index contributed by atoms with van der Waals surface area (Å²) < 4.78 is 12.7. The standard InChI is InChI=1S/C35H50N2O6/c1-5-9-11-16-23-42-33(41)29-28-31(39)37(27(25-38)24-26-17-13-12-14-18-26)30(35(28)20-19-34(29,8-4)43-35)32(40)36(21-7-3)22-15-10-6-2/h5,7,12-14,17-18,27-30,38H,1,3,6,8-11,15-16,19-25H2,2,4H3/t27-,28+,29-,30?,34+,35?/m1/s1. The van der Waals surface area contributed by atoms with Crippen LogP contribution in [-0.2, 0) is 30.3 Å². The first-order chi connectivity index (χ1) is 20.8. The van der Waals surface area contributed by atoms with Crippen molar-refractivity contribution < 1.29 is 29.0 Å². The number of carbonyl (C=O) groups is 3. The number of aliphatic hydroxyl groups is 1.